The quantitative estimate of drug-likeness (QED) is 0.453. The van der Waals surface area contributed by atoms with E-state index >= 15 is 0 Å². The minimum Gasteiger partial charge on any atom is -0.444 e. The van der Waals surface area contributed by atoms with E-state index < -0.39 is 16.6 Å². The lowest BCUT2D eigenvalue weighted by Gasteiger charge is -2.52. The van der Waals surface area contributed by atoms with Gasteiger partial charge in [-0.15, -0.1) is 0 Å². The van der Waals surface area contributed by atoms with Gasteiger partial charge in [-0.3, -0.25) is 0 Å². The third kappa shape index (κ3) is 1.33. The summed E-state index contributed by atoms with van der Waals surface area (Å²) in [6.07, 6.45) is 2.87. The van der Waals surface area contributed by atoms with Gasteiger partial charge in [0.2, 0.25) is 5.00 Å². The average Bonchev–Trinajstić information content (AvgIpc) is 2.94. The standard InChI is InChI=1S/C15H13Cl2NO2/c16-12-14(9-5-2-1-3-6-9)10-7-4-8-11(10)15(17,18-12)13(19)20-14/h1-3,5-6,10-11H,4,7-8H2/t10-,11+,14+,15+/m0/s1. The molecule has 4 aliphatic rings. The van der Waals surface area contributed by atoms with Gasteiger partial charge >= 0.3 is 5.97 Å². The molecule has 1 aromatic rings. The van der Waals surface area contributed by atoms with Gasteiger partial charge in [-0.05, 0) is 12.8 Å². The van der Waals surface area contributed by atoms with Crippen molar-refractivity contribution < 1.29 is 9.53 Å². The lowest BCUT2D eigenvalue weighted by Crippen LogP contribution is -2.64. The van der Waals surface area contributed by atoms with Crippen LogP contribution in [0.15, 0.2) is 35.3 Å². The SMILES string of the molecule is O=C1O[C@@]2(c3ccccc3)C(Cl)=N[C@]1(Cl)[C@@H]1CCC[C@@H]12. The Morgan fingerprint density at radius 3 is 2.65 bits per heavy atom. The number of rotatable bonds is 1. The van der Waals surface area contributed by atoms with Crippen LogP contribution in [-0.4, -0.2) is 16.1 Å². The molecule has 1 aromatic carbocycles. The Labute approximate surface area is 126 Å². The molecule has 20 heavy (non-hydrogen) atoms. The number of esters is 1. The van der Waals surface area contributed by atoms with E-state index in [4.69, 9.17) is 27.9 Å². The molecule has 0 aromatic heterocycles. The summed E-state index contributed by atoms with van der Waals surface area (Å²) in [7, 11) is 0. The van der Waals surface area contributed by atoms with Gasteiger partial charge < -0.3 is 4.74 Å². The topological polar surface area (TPSA) is 38.7 Å². The first-order valence-corrected chi connectivity index (χ1v) is 7.58. The van der Waals surface area contributed by atoms with Crippen LogP contribution in [0.3, 0.4) is 0 Å². The summed E-state index contributed by atoms with van der Waals surface area (Å²) >= 11 is 12.9. The Bertz CT molecular complexity index is 618. The van der Waals surface area contributed by atoms with E-state index in [0.717, 1.165) is 24.8 Å². The monoisotopic (exact) mass is 309 g/mol. The van der Waals surface area contributed by atoms with E-state index in [1.54, 1.807) is 0 Å². The Morgan fingerprint density at radius 2 is 1.90 bits per heavy atom. The van der Waals surface area contributed by atoms with Gasteiger partial charge in [0.1, 0.15) is 0 Å². The summed E-state index contributed by atoms with van der Waals surface area (Å²) in [5, 5.41) is 0.307. The second-order valence-corrected chi connectivity index (χ2v) is 6.65. The fraction of sp³-hybridized carbons (Fsp3) is 0.467. The lowest BCUT2D eigenvalue weighted by molar-refractivity contribution is -0.181. The van der Waals surface area contributed by atoms with E-state index in [0.29, 0.717) is 5.17 Å². The fourth-order valence-electron chi connectivity index (χ4n) is 3.98. The molecule has 1 aliphatic carbocycles. The molecule has 1 saturated heterocycles. The average molecular weight is 310 g/mol. The number of alkyl halides is 1. The fourth-order valence-corrected chi connectivity index (χ4v) is 4.83. The summed E-state index contributed by atoms with van der Waals surface area (Å²) in [6, 6.07) is 9.64. The van der Waals surface area contributed by atoms with Gasteiger partial charge in [0.05, 0.1) is 0 Å². The maximum atomic E-state index is 12.3. The maximum Gasteiger partial charge on any atom is 0.351 e. The summed E-state index contributed by atoms with van der Waals surface area (Å²) in [5.41, 5.74) is -0.0463. The third-order valence-corrected chi connectivity index (χ3v) is 5.72. The summed E-state index contributed by atoms with van der Waals surface area (Å²) < 4.78 is 5.75. The first-order valence-electron chi connectivity index (χ1n) is 6.83. The first kappa shape index (κ1) is 12.7. The normalized spacial score (nSPS) is 42.1. The predicted octanol–water partition coefficient (Wildman–Crippen LogP) is 3.44. The van der Waals surface area contributed by atoms with Crippen molar-refractivity contribution in [3.63, 3.8) is 0 Å². The second kappa shape index (κ2) is 3.99. The van der Waals surface area contributed by atoms with Crippen molar-refractivity contribution in [3.8, 4) is 0 Å². The molecule has 3 heterocycles. The number of benzene rings is 1. The van der Waals surface area contributed by atoms with Crippen LogP contribution in [-0.2, 0) is 15.1 Å². The maximum absolute atomic E-state index is 12.3. The largest absolute Gasteiger partial charge is 0.444 e. The molecule has 0 radical (unpaired) electrons. The Hall–Kier alpha value is -1.06. The number of ether oxygens (including phenoxy) is 1. The van der Waals surface area contributed by atoms with Crippen molar-refractivity contribution in [1.82, 2.24) is 0 Å². The minimum atomic E-state index is -1.31. The smallest absolute Gasteiger partial charge is 0.351 e. The van der Waals surface area contributed by atoms with Gasteiger partial charge in [0, 0.05) is 17.4 Å². The van der Waals surface area contributed by atoms with E-state index in [2.05, 4.69) is 4.99 Å². The van der Waals surface area contributed by atoms with Crippen molar-refractivity contribution in [2.75, 3.05) is 0 Å². The number of hydrogen-bond donors (Lipinski definition) is 0. The molecule has 2 fully saturated rings. The number of aliphatic imine (C=N–C) groups is 1. The van der Waals surface area contributed by atoms with E-state index in [1.165, 1.54) is 0 Å². The highest BCUT2D eigenvalue weighted by Gasteiger charge is 2.69. The van der Waals surface area contributed by atoms with Gasteiger partial charge in [0.15, 0.2) is 10.8 Å². The van der Waals surface area contributed by atoms with Crippen LogP contribution in [0, 0.1) is 11.8 Å². The second-order valence-electron chi connectivity index (χ2n) is 5.71. The number of fused-ring (bicyclic) bond motifs is 1. The molecule has 3 aliphatic heterocycles. The molecule has 4 atom stereocenters. The molecule has 0 amide bonds. The Balaban J connectivity index is 1.98. The van der Waals surface area contributed by atoms with Crippen LogP contribution in [0.25, 0.3) is 0 Å². The van der Waals surface area contributed by atoms with Crippen LogP contribution in [0.5, 0.6) is 0 Å². The molecule has 5 heteroatoms. The molecule has 2 bridgehead atoms. The molecular weight excluding hydrogens is 297 g/mol. The highest BCUT2D eigenvalue weighted by molar-refractivity contribution is 6.68. The molecule has 0 spiro atoms. The zero-order chi connectivity index (χ0) is 14.0. The van der Waals surface area contributed by atoms with Crippen molar-refractivity contribution >= 4 is 34.3 Å². The summed E-state index contributed by atoms with van der Waals surface area (Å²) in [5.74, 6) is -0.339. The zero-order valence-electron chi connectivity index (χ0n) is 10.7. The van der Waals surface area contributed by atoms with Gasteiger partial charge in [0.25, 0.3) is 0 Å². The highest BCUT2D eigenvalue weighted by atomic mass is 35.5. The first-order chi connectivity index (χ1) is 9.59. The summed E-state index contributed by atoms with van der Waals surface area (Å²) in [6.45, 7) is 0. The zero-order valence-corrected chi connectivity index (χ0v) is 12.2. The van der Waals surface area contributed by atoms with Gasteiger partial charge in [-0.1, -0.05) is 60.0 Å². The molecule has 104 valence electrons. The minimum absolute atomic E-state index is 0.00752. The molecular formula is C15H13Cl2NO2. The Kier molecular flexibility index (Phi) is 2.52. The molecule has 0 unspecified atom stereocenters. The number of carbonyl (C=O) groups excluding carboxylic acids is 1. The van der Waals surface area contributed by atoms with E-state index in [-0.39, 0.29) is 11.8 Å². The van der Waals surface area contributed by atoms with Crippen LogP contribution >= 0.6 is 23.2 Å². The summed E-state index contributed by atoms with van der Waals surface area (Å²) in [4.78, 5) is 15.3. The lowest BCUT2D eigenvalue weighted by atomic mass is 9.69. The van der Waals surface area contributed by atoms with Crippen molar-refractivity contribution in [3.05, 3.63) is 35.9 Å². The van der Waals surface area contributed by atoms with E-state index in [9.17, 15) is 4.79 Å². The number of hydrogen-bond acceptors (Lipinski definition) is 3. The number of halogens is 2. The van der Waals surface area contributed by atoms with E-state index in [1.807, 2.05) is 30.3 Å². The molecule has 5 rings (SSSR count). The number of nitrogens with zero attached hydrogens (tertiary/aromatic N) is 1. The van der Waals surface area contributed by atoms with Gasteiger partial charge in [-0.2, -0.15) is 0 Å². The van der Waals surface area contributed by atoms with Crippen molar-refractivity contribution in [1.29, 1.82) is 0 Å². The third-order valence-electron chi connectivity index (χ3n) is 4.84. The molecule has 1 saturated carbocycles. The van der Waals surface area contributed by atoms with Crippen LogP contribution < -0.4 is 0 Å². The van der Waals surface area contributed by atoms with Gasteiger partial charge in [-0.25, -0.2) is 9.79 Å². The van der Waals surface area contributed by atoms with Crippen LogP contribution in [0.2, 0.25) is 0 Å². The van der Waals surface area contributed by atoms with Crippen LogP contribution in [0.1, 0.15) is 24.8 Å². The number of carbonyl (C=O) groups is 1. The van der Waals surface area contributed by atoms with Crippen molar-refractivity contribution in [2.45, 2.75) is 29.9 Å². The highest BCUT2D eigenvalue weighted by Crippen LogP contribution is 2.61. The predicted molar refractivity (Wildman–Crippen MR) is 76.9 cm³/mol. The van der Waals surface area contributed by atoms with Crippen LogP contribution in [0.4, 0.5) is 0 Å². The van der Waals surface area contributed by atoms with Crippen molar-refractivity contribution in [2.24, 2.45) is 16.8 Å². The molecule has 3 nitrogen and oxygen atoms in total. The molecule has 0 N–H and O–H groups in total. The Morgan fingerprint density at radius 1 is 1.20 bits per heavy atom.